The van der Waals surface area contributed by atoms with Crippen molar-refractivity contribution in [3.8, 4) is 0 Å². The highest BCUT2D eigenvalue weighted by Gasteiger charge is 2.33. The monoisotopic (exact) mass is 338 g/mol. The van der Waals surface area contributed by atoms with E-state index < -0.39 is 11.7 Å². The molecule has 0 aromatic heterocycles. The van der Waals surface area contributed by atoms with Gasteiger partial charge in [0.05, 0.1) is 11.3 Å². The van der Waals surface area contributed by atoms with Gasteiger partial charge in [0, 0.05) is 3.57 Å². The minimum atomic E-state index is -4.37. The van der Waals surface area contributed by atoms with E-state index in [2.05, 4.69) is 0 Å². The van der Waals surface area contributed by atoms with Crippen molar-refractivity contribution in [3.63, 3.8) is 0 Å². The summed E-state index contributed by atoms with van der Waals surface area (Å²) in [5, 5.41) is 0. The van der Waals surface area contributed by atoms with Gasteiger partial charge in [-0.25, -0.2) is 0 Å². The Bertz CT molecular complexity index is 316. The quantitative estimate of drug-likeness (QED) is 0.469. The molecule has 0 amide bonds. The molecule has 0 radical (unpaired) electrons. The molecular weight excluding hydrogens is 331 g/mol. The van der Waals surface area contributed by atoms with Gasteiger partial charge in [-0.05, 0) is 40.8 Å². The lowest BCUT2D eigenvalue weighted by Crippen LogP contribution is -2.14. The van der Waals surface area contributed by atoms with Crippen LogP contribution in [0.3, 0.4) is 0 Å². The van der Waals surface area contributed by atoms with Crippen molar-refractivity contribution in [1.29, 1.82) is 0 Å². The number of rotatable bonds is 1. The number of hydrogen-bond acceptors (Lipinski definition) is 2. The standard InChI is InChI=1S/C7H6F3IN2.ClH/c8-7(9,10)5-3-4(11)1-2-6(5)13-12;/h1-3,13H,12H2;1H. The lowest BCUT2D eigenvalue weighted by Gasteiger charge is -2.12. The van der Waals surface area contributed by atoms with Gasteiger partial charge in [0.15, 0.2) is 0 Å². The van der Waals surface area contributed by atoms with Crippen LogP contribution in [-0.4, -0.2) is 0 Å². The summed E-state index contributed by atoms with van der Waals surface area (Å²) in [6.45, 7) is 0. The predicted octanol–water partition coefficient (Wildman–Crippen LogP) is 3.02. The molecule has 0 unspecified atom stereocenters. The maximum absolute atomic E-state index is 12.3. The summed E-state index contributed by atoms with van der Waals surface area (Å²) in [5.74, 6) is 4.94. The molecule has 0 aliphatic heterocycles. The van der Waals surface area contributed by atoms with Gasteiger partial charge in [-0.3, -0.25) is 5.84 Å². The number of nitrogens with one attached hydrogen (secondary N) is 1. The number of benzene rings is 1. The van der Waals surface area contributed by atoms with E-state index in [0.29, 0.717) is 3.57 Å². The third-order valence-electron chi connectivity index (χ3n) is 1.44. The van der Waals surface area contributed by atoms with Crippen molar-refractivity contribution >= 4 is 40.7 Å². The van der Waals surface area contributed by atoms with E-state index in [-0.39, 0.29) is 18.1 Å². The minimum Gasteiger partial charge on any atom is -0.324 e. The number of hydrazine groups is 1. The van der Waals surface area contributed by atoms with Crippen LogP contribution in [0.5, 0.6) is 0 Å². The van der Waals surface area contributed by atoms with Crippen molar-refractivity contribution in [1.82, 2.24) is 0 Å². The molecule has 0 fully saturated rings. The zero-order valence-corrected chi connectivity index (χ0v) is 9.70. The van der Waals surface area contributed by atoms with E-state index in [1.807, 2.05) is 28.0 Å². The fourth-order valence-corrected chi connectivity index (χ4v) is 1.37. The summed E-state index contributed by atoms with van der Waals surface area (Å²) >= 11 is 1.81. The molecule has 0 atom stereocenters. The highest BCUT2D eigenvalue weighted by molar-refractivity contribution is 14.1. The maximum Gasteiger partial charge on any atom is 0.418 e. The van der Waals surface area contributed by atoms with Gasteiger partial charge in [0.2, 0.25) is 0 Å². The van der Waals surface area contributed by atoms with Crippen LogP contribution in [-0.2, 0) is 6.18 Å². The van der Waals surface area contributed by atoms with Crippen LogP contribution in [0.4, 0.5) is 18.9 Å². The van der Waals surface area contributed by atoms with Crippen LogP contribution < -0.4 is 11.3 Å². The number of nitrogen functional groups attached to an aromatic ring is 1. The summed E-state index contributed by atoms with van der Waals surface area (Å²) in [6.07, 6.45) is -4.37. The van der Waals surface area contributed by atoms with Crippen molar-refractivity contribution in [3.05, 3.63) is 27.3 Å². The van der Waals surface area contributed by atoms with Gasteiger partial charge in [-0.1, -0.05) is 0 Å². The van der Waals surface area contributed by atoms with Crippen LogP contribution in [0.15, 0.2) is 18.2 Å². The van der Waals surface area contributed by atoms with E-state index in [9.17, 15) is 13.2 Å². The molecule has 0 aliphatic carbocycles. The van der Waals surface area contributed by atoms with Crippen molar-refractivity contribution in [2.45, 2.75) is 6.18 Å². The molecule has 14 heavy (non-hydrogen) atoms. The number of alkyl halides is 3. The topological polar surface area (TPSA) is 38.0 Å². The van der Waals surface area contributed by atoms with Crippen LogP contribution in [0.25, 0.3) is 0 Å². The second-order valence-electron chi connectivity index (χ2n) is 2.33. The molecule has 1 aromatic carbocycles. The summed E-state index contributed by atoms with van der Waals surface area (Å²) in [6, 6.07) is 3.88. The molecule has 0 saturated heterocycles. The second kappa shape index (κ2) is 5.04. The first-order chi connectivity index (χ1) is 5.95. The van der Waals surface area contributed by atoms with Crippen molar-refractivity contribution in [2.75, 3.05) is 5.43 Å². The minimum absolute atomic E-state index is 0. The third kappa shape index (κ3) is 3.18. The second-order valence-corrected chi connectivity index (χ2v) is 3.58. The smallest absolute Gasteiger partial charge is 0.324 e. The number of halogens is 5. The molecule has 0 saturated carbocycles. The molecule has 0 bridgehead atoms. The Morgan fingerprint density at radius 3 is 2.29 bits per heavy atom. The van der Waals surface area contributed by atoms with Crippen LogP contribution >= 0.6 is 35.0 Å². The SMILES string of the molecule is Cl.NNc1ccc(I)cc1C(F)(F)F. The Balaban J connectivity index is 0.00000169. The Kier molecular flexibility index (Phi) is 4.96. The first-order valence-electron chi connectivity index (χ1n) is 3.28. The number of anilines is 1. The molecule has 0 spiro atoms. The molecule has 1 rings (SSSR count). The Morgan fingerprint density at radius 2 is 1.86 bits per heavy atom. The van der Waals surface area contributed by atoms with E-state index >= 15 is 0 Å². The highest BCUT2D eigenvalue weighted by Crippen LogP contribution is 2.35. The maximum atomic E-state index is 12.3. The van der Waals surface area contributed by atoms with Gasteiger partial charge >= 0.3 is 6.18 Å². The summed E-state index contributed by atoms with van der Waals surface area (Å²) < 4.78 is 37.5. The molecule has 0 aliphatic rings. The average Bonchev–Trinajstić information content (AvgIpc) is 2.03. The molecule has 2 nitrogen and oxygen atoms in total. The molecule has 3 N–H and O–H groups in total. The predicted molar refractivity (Wildman–Crippen MR) is 59.2 cm³/mol. The van der Waals surface area contributed by atoms with Crippen LogP contribution in [0.1, 0.15) is 5.56 Å². The zero-order chi connectivity index (χ0) is 10.1. The highest BCUT2D eigenvalue weighted by atomic mass is 127. The summed E-state index contributed by atoms with van der Waals surface area (Å²) in [4.78, 5) is 0. The molecule has 7 heteroatoms. The van der Waals surface area contributed by atoms with Gasteiger partial charge in [0.1, 0.15) is 0 Å². The number of nitrogens with two attached hydrogens (primary N) is 1. The first kappa shape index (κ1) is 13.8. The van der Waals surface area contributed by atoms with E-state index in [1.165, 1.54) is 6.07 Å². The van der Waals surface area contributed by atoms with Gasteiger partial charge in [-0.2, -0.15) is 13.2 Å². The van der Waals surface area contributed by atoms with Crippen LogP contribution in [0.2, 0.25) is 0 Å². The number of hydrogen-bond donors (Lipinski definition) is 2. The van der Waals surface area contributed by atoms with E-state index in [1.54, 1.807) is 6.07 Å². The normalized spacial score (nSPS) is 10.6. The zero-order valence-electron chi connectivity index (χ0n) is 6.73. The first-order valence-corrected chi connectivity index (χ1v) is 4.36. The molecular formula is C7H7ClF3IN2. The molecule has 80 valence electrons. The molecule has 1 aromatic rings. The fourth-order valence-electron chi connectivity index (χ4n) is 0.877. The lowest BCUT2D eigenvalue weighted by atomic mass is 10.2. The van der Waals surface area contributed by atoms with E-state index in [4.69, 9.17) is 5.84 Å². The summed E-state index contributed by atoms with van der Waals surface area (Å²) in [7, 11) is 0. The Hall–Kier alpha value is -0.210. The van der Waals surface area contributed by atoms with Gasteiger partial charge in [0.25, 0.3) is 0 Å². The summed E-state index contributed by atoms with van der Waals surface area (Å²) in [5.41, 5.74) is 1.14. The van der Waals surface area contributed by atoms with Crippen molar-refractivity contribution in [2.24, 2.45) is 5.84 Å². The van der Waals surface area contributed by atoms with E-state index in [0.717, 1.165) is 6.07 Å². The Labute approximate surface area is 98.6 Å². The third-order valence-corrected chi connectivity index (χ3v) is 2.11. The van der Waals surface area contributed by atoms with Gasteiger partial charge in [-0.15, -0.1) is 12.4 Å². The lowest BCUT2D eigenvalue weighted by molar-refractivity contribution is -0.137. The van der Waals surface area contributed by atoms with Gasteiger partial charge < -0.3 is 5.43 Å². The molecule has 0 heterocycles. The fraction of sp³-hybridized carbons (Fsp3) is 0.143. The average molecular weight is 338 g/mol. The van der Waals surface area contributed by atoms with Crippen molar-refractivity contribution < 1.29 is 13.2 Å². The Morgan fingerprint density at radius 1 is 1.29 bits per heavy atom. The largest absolute Gasteiger partial charge is 0.418 e. The van der Waals surface area contributed by atoms with Crippen LogP contribution in [0, 0.1) is 3.57 Å².